The SMILES string of the molecule is COCCN(C)C1CC(c2ccccc2)CCC1C#N. The van der Waals surface area contributed by atoms with Crippen molar-refractivity contribution in [3.05, 3.63) is 35.9 Å². The standard InChI is InChI=1S/C17H24N2O/c1-19(10-11-20-2)17-12-15(8-9-16(17)13-18)14-6-4-3-5-7-14/h3-7,15-17H,8-12H2,1-2H3. The first-order chi connectivity index (χ1) is 9.76. The number of ether oxygens (including phenoxy) is 1. The molecule has 1 fully saturated rings. The second kappa shape index (κ2) is 7.42. The molecule has 0 saturated heterocycles. The summed E-state index contributed by atoms with van der Waals surface area (Å²) in [5.74, 6) is 0.729. The van der Waals surface area contributed by atoms with Crippen LogP contribution >= 0.6 is 0 Å². The van der Waals surface area contributed by atoms with Crippen molar-refractivity contribution in [2.24, 2.45) is 5.92 Å². The summed E-state index contributed by atoms with van der Waals surface area (Å²) >= 11 is 0. The highest BCUT2D eigenvalue weighted by molar-refractivity contribution is 5.21. The molecule has 0 radical (unpaired) electrons. The first kappa shape index (κ1) is 15.0. The smallest absolute Gasteiger partial charge is 0.0672 e. The van der Waals surface area contributed by atoms with Crippen molar-refractivity contribution in [1.29, 1.82) is 5.26 Å². The molecule has 1 saturated carbocycles. The van der Waals surface area contributed by atoms with Crippen molar-refractivity contribution in [1.82, 2.24) is 4.90 Å². The Morgan fingerprint density at radius 1 is 1.30 bits per heavy atom. The van der Waals surface area contributed by atoms with Gasteiger partial charge in [0.2, 0.25) is 0 Å². The molecule has 1 aromatic carbocycles. The number of hydrogen-bond donors (Lipinski definition) is 0. The highest BCUT2D eigenvalue weighted by Gasteiger charge is 2.33. The normalized spacial score (nSPS) is 26.4. The molecule has 0 N–H and O–H groups in total. The van der Waals surface area contributed by atoms with Crippen molar-refractivity contribution in [2.45, 2.75) is 31.2 Å². The van der Waals surface area contributed by atoms with Crippen LogP contribution in [0, 0.1) is 17.2 Å². The lowest BCUT2D eigenvalue weighted by Crippen LogP contribution is -2.42. The highest BCUT2D eigenvalue weighted by atomic mass is 16.5. The number of rotatable bonds is 5. The van der Waals surface area contributed by atoms with Crippen LogP contribution in [0.1, 0.15) is 30.7 Å². The number of methoxy groups -OCH3 is 1. The minimum Gasteiger partial charge on any atom is -0.383 e. The third-order valence-electron chi connectivity index (χ3n) is 4.47. The number of nitrogens with zero attached hydrogens (tertiary/aromatic N) is 2. The summed E-state index contributed by atoms with van der Waals surface area (Å²) in [5.41, 5.74) is 1.41. The second-order valence-corrected chi connectivity index (χ2v) is 5.70. The molecule has 3 atom stereocenters. The number of nitriles is 1. The van der Waals surface area contributed by atoms with Gasteiger partial charge in [-0.25, -0.2) is 0 Å². The summed E-state index contributed by atoms with van der Waals surface area (Å²) in [5, 5.41) is 9.38. The lowest BCUT2D eigenvalue weighted by Gasteiger charge is -2.38. The quantitative estimate of drug-likeness (QED) is 0.826. The third-order valence-corrected chi connectivity index (χ3v) is 4.47. The Kier molecular flexibility index (Phi) is 5.58. The summed E-state index contributed by atoms with van der Waals surface area (Å²) in [7, 11) is 3.84. The van der Waals surface area contributed by atoms with Crippen molar-refractivity contribution in [3.63, 3.8) is 0 Å². The van der Waals surface area contributed by atoms with Gasteiger partial charge >= 0.3 is 0 Å². The summed E-state index contributed by atoms with van der Waals surface area (Å²) in [6.45, 7) is 1.61. The first-order valence-corrected chi connectivity index (χ1v) is 7.40. The van der Waals surface area contributed by atoms with Gasteiger partial charge in [0.1, 0.15) is 0 Å². The average molecular weight is 272 g/mol. The molecule has 108 valence electrons. The molecule has 0 amide bonds. The van der Waals surface area contributed by atoms with Crippen LogP contribution in [-0.2, 0) is 4.74 Å². The van der Waals surface area contributed by atoms with Gasteiger partial charge in [0.25, 0.3) is 0 Å². The molecular formula is C17H24N2O. The molecule has 3 heteroatoms. The van der Waals surface area contributed by atoms with E-state index in [4.69, 9.17) is 4.74 Å². The summed E-state index contributed by atoms with van der Waals surface area (Å²) in [4.78, 5) is 2.30. The number of hydrogen-bond acceptors (Lipinski definition) is 3. The molecule has 1 aliphatic rings. The van der Waals surface area contributed by atoms with Crippen molar-refractivity contribution in [2.75, 3.05) is 27.3 Å². The zero-order valence-corrected chi connectivity index (χ0v) is 12.5. The van der Waals surface area contributed by atoms with Crippen molar-refractivity contribution < 1.29 is 4.74 Å². The molecule has 3 nitrogen and oxygen atoms in total. The number of benzene rings is 1. The topological polar surface area (TPSA) is 36.3 Å². The Labute approximate surface area is 122 Å². The molecule has 3 unspecified atom stereocenters. The summed E-state index contributed by atoms with van der Waals surface area (Å²) < 4.78 is 5.16. The van der Waals surface area contributed by atoms with Gasteiger partial charge in [-0.2, -0.15) is 5.26 Å². The molecule has 0 spiro atoms. The fraction of sp³-hybridized carbons (Fsp3) is 0.588. The Bertz CT molecular complexity index is 440. The molecule has 0 heterocycles. The van der Waals surface area contributed by atoms with Crippen LogP contribution in [0.5, 0.6) is 0 Å². The average Bonchev–Trinajstić information content (AvgIpc) is 2.52. The summed E-state index contributed by atoms with van der Waals surface area (Å²) in [6, 6.07) is 13.5. The van der Waals surface area contributed by atoms with E-state index in [2.05, 4.69) is 48.3 Å². The molecule has 0 aromatic heterocycles. The molecule has 2 rings (SSSR count). The fourth-order valence-electron chi connectivity index (χ4n) is 3.21. The Balaban J connectivity index is 2.05. The Morgan fingerprint density at radius 2 is 2.05 bits per heavy atom. The van der Waals surface area contributed by atoms with E-state index in [-0.39, 0.29) is 5.92 Å². The van der Waals surface area contributed by atoms with E-state index in [0.717, 1.165) is 32.4 Å². The molecule has 0 bridgehead atoms. The van der Waals surface area contributed by atoms with Gasteiger partial charge in [0, 0.05) is 19.7 Å². The van der Waals surface area contributed by atoms with E-state index in [1.54, 1.807) is 7.11 Å². The third kappa shape index (κ3) is 3.59. The van der Waals surface area contributed by atoms with E-state index in [9.17, 15) is 5.26 Å². The minimum atomic E-state index is 0.150. The first-order valence-electron chi connectivity index (χ1n) is 7.40. The van der Waals surface area contributed by atoms with E-state index < -0.39 is 0 Å². The van der Waals surface area contributed by atoms with Crippen LogP contribution in [0.2, 0.25) is 0 Å². The van der Waals surface area contributed by atoms with Gasteiger partial charge in [-0.05, 0) is 37.8 Å². The van der Waals surface area contributed by atoms with E-state index in [1.807, 2.05) is 0 Å². The lowest BCUT2D eigenvalue weighted by molar-refractivity contribution is 0.101. The van der Waals surface area contributed by atoms with Gasteiger partial charge in [0.05, 0.1) is 18.6 Å². The zero-order chi connectivity index (χ0) is 14.4. The van der Waals surface area contributed by atoms with Crippen molar-refractivity contribution in [3.8, 4) is 6.07 Å². The van der Waals surface area contributed by atoms with Crippen LogP contribution in [0.3, 0.4) is 0 Å². The molecule has 1 aromatic rings. The fourth-order valence-corrected chi connectivity index (χ4v) is 3.21. The van der Waals surface area contributed by atoms with E-state index >= 15 is 0 Å². The second-order valence-electron chi connectivity index (χ2n) is 5.70. The minimum absolute atomic E-state index is 0.150. The maximum atomic E-state index is 9.38. The molecule has 1 aliphatic carbocycles. The van der Waals surface area contributed by atoms with E-state index in [0.29, 0.717) is 12.0 Å². The van der Waals surface area contributed by atoms with Crippen LogP contribution in [-0.4, -0.2) is 38.3 Å². The summed E-state index contributed by atoms with van der Waals surface area (Å²) in [6.07, 6.45) is 3.19. The monoisotopic (exact) mass is 272 g/mol. The highest BCUT2D eigenvalue weighted by Crippen LogP contribution is 2.37. The predicted molar refractivity (Wildman–Crippen MR) is 80.4 cm³/mol. The predicted octanol–water partition coefficient (Wildman–Crippen LogP) is 3.04. The van der Waals surface area contributed by atoms with Gasteiger partial charge in [0.15, 0.2) is 0 Å². The van der Waals surface area contributed by atoms with Crippen LogP contribution in [0.4, 0.5) is 0 Å². The molecular weight excluding hydrogens is 248 g/mol. The van der Waals surface area contributed by atoms with Gasteiger partial charge in [-0.3, -0.25) is 4.90 Å². The largest absolute Gasteiger partial charge is 0.383 e. The Morgan fingerprint density at radius 3 is 2.70 bits per heavy atom. The van der Waals surface area contributed by atoms with E-state index in [1.165, 1.54) is 5.56 Å². The van der Waals surface area contributed by atoms with Gasteiger partial charge < -0.3 is 4.74 Å². The van der Waals surface area contributed by atoms with Gasteiger partial charge in [-0.15, -0.1) is 0 Å². The zero-order valence-electron chi connectivity index (χ0n) is 12.5. The van der Waals surface area contributed by atoms with Crippen LogP contribution in [0.25, 0.3) is 0 Å². The molecule has 0 aliphatic heterocycles. The van der Waals surface area contributed by atoms with Gasteiger partial charge in [-0.1, -0.05) is 30.3 Å². The number of likely N-dealkylation sites (N-methyl/N-ethyl adjacent to an activating group) is 1. The lowest BCUT2D eigenvalue weighted by atomic mass is 9.75. The maximum absolute atomic E-state index is 9.38. The Hall–Kier alpha value is -1.37. The maximum Gasteiger partial charge on any atom is 0.0672 e. The van der Waals surface area contributed by atoms with Crippen molar-refractivity contribution >= 4 is 0 Å². The van der Waals surface area contributed by atoms with Crippen LogP contribution < -0.4 is 0 Å². The van der Waals surface area contributed by atoms with Crippen LogP contribution in [0.15, 0.2) is 30.3 Å². The molecule has 20 heavy (non-hydrogen) atoms.